The highest BCUT2D eigenvalue weighted by atomic mass is 35.5. The summed E-state index contributed by atoms with van der Waals surface area (Å²) < 4.78 is 1.49. The first-order valence-corrected chi connectivity index (χ1v) is 9.39. The van der Waals surface area contributed by atoms with Crippen LogP contribution in [0, 0.1) is 13.8 Å². The Kier molecular flexibility index (Phi) is 5.59. The molecule has 0 saturated heterocycles. The first-order valence-electron chi connectivity index (χ1n) is 8.02. The number of aromatic nitrogens is 2. The quantitative estimate of drug-likeness (QED) is 0.480. The SMILES string of the molecule is Cc1ccc(C)c(C(=O)CSc2nccn(-c3ccc(Cl)cc3)c2=O)c1. The van der Waals surface area contributed by atoms with E-state index in [0.29, 0.717) is 21.3 Å². The Labute approximate surface area is 160 Å². The number of thioether (sulfide) groups is 1. The summed E-state index contributed by atoms with van der Waals surface area (Å²) >= 11 is 7.05. The van der Waals surface area contributed by atoms with E-state index in [1.807, 2.05) is 32.0 Å². The van der Waals surface area contributed by atoms with Gasteiger partial charge in [-0.3, -0.25) is 14.2 Å². The lowest BCUT2D eigenvalue weighted by atomic mass is 10.0. The maximum atomic E-state index is 12.7. The van der Waals surface area contributed by atoms with Crippen molar-refractivity contribution in [2.75, 3.05) is 5.75 Å². The fourth-order valence-corrected chi connectivity index (χ4v) is 3.45. The lowest BCUT2D eigenvalue weighted by molar-refractivity contribution is 0.102. The fourth-order valence-electron chi connectivity index (χ4n) is 2.55. The third kappa shape index (κ3) is 4.06. The van der Waals surface area contributed by atoms with E-state index in [-0.39, 0.29) is 17.1 Å². The molecule has 0 saturated carbocycles. The molecular formula is C20H17ClN2O2S. The Balaban J connectivity index is 1.82. The van der Waals surface area contributed by atoms with Gasteiger partial charge < -0.3 is 0 Å². The van der Waals surface area contributed by atoms with Gasteiger partial charge in [-0.15, -0.1) is 0 Å². The third-order valence-electron chi connectivity index (χ3n) is 3.95. The van der Waals surface area contributed by atoms with Gasteiger partial charge in [0.1, 0.15) is 0 Å². The van der Waals surface area contributed by atoms with Crippen LogP contribution in [0.25, 0.3) is 5.69 Å². The topological polar surface area (TPSA) is 52.0 Å². The minimum Gasteiger partial charge on any atom is -0.293 e. The van der Waals surface area contributed by atoms with Crippen LogP contribution < -0.4 is 5.56 Å². The molecule has 3 aromatic rings. The molecular weight excluding hydrogens is 368 g/mol. The summed E-state index contributed by atoms with van der Waals surface area (Å²) in [5, 5.41) is 0.894. The maximum Gasteiger partial charge on any atom is 0.287 e. The Bertz CT molecular complexity index is 1010. The zero-order valence-electron chi connectivity index (χ0n) is 14.4. The Morgan fingerprint density at radius 2 is 1.88 bits per heavy atom. The van der Waals surface area contributed by atoms with E-state index in [4.69, 9.17) is 11.6 Å². The number of nitrogens with zero attached hydrogens (tertiary/aromatic N) is 2. The number of carbonyl (C=O) groups is 1. The summed E-state index contributed by atoms with van der Waals surface area (Å²) in [6.07, 6.45) is 3.16. The van der Waals surface area contributed by atoms with Gasteiger partial charge in [-0.25, -0.2) is 4.98 Å². The molecule has 0 fully saturated rings. The highest BCUT2D eigenvalue weighted by Crippen LogP contribution is 2.18. The number of halogens is 1. The van der Waals surface area contributed by atoms with Crippen molar-refractivity contribution < 1.29 is 4.79 Å². The minimum absolute atomic E-state index is 0.0145. The van der Waals surface area contributed by atoms with Crippen LogP contribution >= 0.6 is 23.4 Å². The van der Waals surface area contributed by atoms with E-state index in [0.717, 1.165) is 22.9 Å². The molecule has 0 amide bonds. The predicted octanol–water partition coefficient (Wildman–Crippen LogP) is 4.48. The van der Waals surface area contributed by atoms with Crippen LogP contribution in [-0.2, 0) is 0 Å². The number of carbonyl (C=O) groups excluding carboxylic acids is 1. The van der Waals surface area contributed by atoms with Crippen molar-refractivity contribution in [1.29, 1.82) is 0 Å². The number of hydrogen-bond donors (Lipinski definition) is 0. The van der Waals surface area contributed by atoms with Gasteiger partial charge in [0.05, 0.1) is 5.75 Å². The van der Waals surface area contributed by atoms with E-state index >= 15 is 0 Å². The van der Waals surface area contributed by atoms with Crippen LogP contribution in [0.5, 0.6) is 0 Å². The van der Waals surface area contributed by atoms with Crippen molar-refractivity contribution in [3.63, 3.8) is 0 Å². The average molecular weight is 385 g/mol. The van der Waals surface area contributed by atoms with Crippen molar-refractivity contribution in [2.24, 2.45) is 0 Å². The average Bonchev–Trinajstić information content (AvgIpc) is 2.63. The third-order valence-corrected chi connectivity index (χ3v) is 5.16. The zero-order chi connectivity index (χ0) is 18.7. The van der Waals surface area contributed by atoms with Crippen LogP contribution in [0.15, 0.2) is 64.7 Å². The molecule has 3 rings (SSSR count). The monoisotopic (exact) mass is 384 g/mol. The first kappa shape index (κ1) is 18.4. The van der Waals surface area contributed by atoms with E-state index < -0.39 is 0 Å². The number of hydrogen-bond acceptors (Lipinski definition) is 4. The molecule has 0 N–H and O–H groups in total. The molecule has 0 aliphatic rings. The lowest BCUT2D eigenvalue weighted by Crippen LogP contribution is -2.21. The molecule has 2 aromatic carbocycles. The Morgan fingerprint density at radius 1 is 1.15 bits per heavy atom. The molecule has 6 heteroatoms. The number of aryl methyl sites for hydroxylation is 2. The standard InChI is InChI=1S/C20H17ClN2O2S/c1-13-3-4-14(2)17(11-13)18(24)12-26-19-20(25)23(10-9-22-19)16-7-5-15(21)6-8-16/h3-11H,12H2,1-2H3. The molecule has 0 spiro atoms. The number of ketones is 1. The molecule has 1 aromatic heterocycles. The molecule has 132 valence electrons. The van der Waals surface area contributed by atoms with E-state index in [1.54, 1.807) is 36.7 Å². The molecule has 0 bridgehead atoms. The van der Waals surface area contributed by atoms with Crippen molar-refractivity contribution in [2.45, 2.75) is 18.9 Å². The summed E-state index contributed by atoms with van der Waals surface area (Å²) in [6.45, 7) is 3.86. The predicted molar refractivity (Wildman–Crippen MR) is 106 cm³/mol. The largest absolute Gasteiger partial charge is 0.293 e. The van der Waals surface area contributed by atoms with Crippen molar-refractivity contribution in [3.05, 3.63) is 86.9 Å². The normalized spacial score (nSPS) is 10.7. The number of Topliss-reactive ketones (excluding diaryl/α,β-unsaturated/α-hetero) is 1. The Hall–Kier alpha value is -2.37. The molecule has 0 unspecified atom stereocenters. The van der Waals surface area contributed by atoms with Crippen LogP contribution in [0.3, 0.4) is 0 Å². The second kappa shape index (κ2) is 7.89. The van der Waals surface area contributed by atoms with Crippen molar-refractivity contribution >= 4 is 29.1 Å². The smallest absolute Gasteiger partial charge is 0.287 e. The lowest BCUT2D eigenvalue weighted by Gasteiger charge is -2.08. The summed E-state index contributed by atoms with van der Waals surface area (Å²) in [4.78, 5) is 29.3. The Morgan fingerprint density at radius 3 is 2.62 bits per heavy atom. The van der Waals surface area contributed by atoms with Gasteiger partial charge in [0.25, 0.3) is 5.56 Å². The molecule has 0 aliphatic carbocycles. The second-order valence-electron chi connectivity index (χ2n) is 5.91. The highest BCUT2D eigenvalue weighted by Gasteiger charge is 2.13. The molecule has 26 heavy (non-hydrogen) atoms. The zero-order valence-corrected chi connectivity index (χ0v) is 16.0. The molecule has 0 aliphatic heterocycles. The van der Waals surface area contributed by atoms with Gasteiger partial charge in [-0.2, -0.15) is 0 Å². The first-order chi connectivity index (χ1) is 12.5. The van der Waals surface area contributed by atoms with Gasteiger partial charge in [0.2, 0.25) is 0 Å². The summed E-state index contributed by atoms with van der Waals surface area (Å²) in [6, 6.07) is 12.8. The number of rotatable bonds is 5. The van der Waals surface area contributed by atoms with E-state index in [1.165, 1.54) is 4.57 Å². The second-order valence-corrected chi connectivity index (χ2v) is 7.31. The van der Waals surface area contributed by atoms with Crippen molar-refractivity contribution in [3.8, 4) is 5.69 Å². The highest BCUT2D eigenvalue weighted by molar-refractivity contribution is 7.99. The molecule has 1 heterocycles. The minimum atomic E-state index is -0.256. The summed E-state index contributed by atoms with van der Waals surface area (Å²) in [7, 11) is 0. The van der Waals surface area contributed by atoms with Gasteiger partial charge >= 0.3 is 0 Å². The van der Waals surface area contributed by atoms with Crippen molar-refractivity contribution in [1.82, 2.24) is 9.55 Å². The van der Waals surface area contributed by atoms with Crippen LogP contribution in [0.1, 0.15) is 21.5 Å². The van der Waals surface area contributed by atoms with Gasteiger partial charge in [0, 0.05) is 28.7 Å². The molecule has 0 radical (unpaired) electrons. The van der Waals surface area contributed by atoms with Crippen LogP contribution in [-0.4, -0.2) is 21.1 Å². The summed E-state index contributed by atoms with van der Waals surface area (Å²) in [5.41, 5.74) is 3.09. The van der Waals surface area contributed by atoms with E-state index in [9.17, 15) is 9.59 Å². The van der Waals surface area contributed by atoms with Crippen LogP contribution in [0.2, 0.25) is 5.02 Å². The fraction of sp³-hybridized carbons (Fsp3) is 0.150. The van der Waals surface area contributed by atoms with Gasteiger partial charge in [-0.1, -0.05) is 41.1 Å². The molecule has 0 atom stereocenters. The van der Waals surface area contributed by atoms with Gasteiger partial charge in [-0.05, 0) is 49.7 Å². The number of benzene rings is 2. The van der Waals surface area contributed by atoms with Gasteiger partial charge in [0.15, 0.2) is 10.8 Å². The van der Waals surface area contributed by atoms with E-state index in [2.05, 4.69) is 4.98 Å². The molecule has 4 nitrogen and oxygen atoms in total. The summed E-state index contributed by atoms with van der Waals surface area (Å²) in [5.74, 6) is 0.149. The van der Waals surface area contributed by atoms with Crippen LogP contribution in [0.4, 0.5) is 0 Å². The maximum absolute atomic E-state index is 12.7.